The van der Waals surface area contributed by atoms with Crippen LogP contribution in [0.15, 0.2) is 218 Å². The normalized spacial score (nSPS) is 11.9. The van der Waals surface area contributed by atoms with Crippen molar-refractivity contribution >= 4 is 113 Å². The fourth-order valence-corrected chi connectivity index (χ4v) is 12.4. The standard InChI is InChI=1S/C58H36N2S2/c1-3-17-37(18-4-1)40-25-14-29-48(54(40)46-27-13-26-42-43-36-35-38-19-7-8-22-41(38)57(43)62-58(42)46)60(51-32-16-34-53-56(51)45-24-10-12-33-52(45)61-53)50-31-15-30-49-55(50)44-23-9-11-28-47(44)59(49)39-20-5-2-6-21-39/h1-36H. The molecule has 0 unspecified atom stereocenters. The Morgan fingerprint density at radius 2 is 0.935 bits per heavy atom. The van der Waals surface area contributed by atoms with Crippen molar-refractivity contribution in [3.05, 3.63) is 218 Å². The first-order chi connectivity index (χ1) is 30.8. The van der Waals surface area contributed by atoms with Gasteiger partial charge >= 0.3 is 0 Å². The van der Waals surface area contributed by atoms with Gasteiger partial charge in [-0.3, -0.25) is 0 Å². The Balaban J connectivity index is 1.20. The van der Waals surface area contributed by atoms with Gasteiger partial charge in [0.2, 0.25) is 0 Å². The highest BCUT2D eigenvalue weighted by molar-refractivity contribution is 7.27. The van der Waals surface area contributed by atoms with Crippen LogP contribution in [0.25, 0.3) is 101 Å². The van der Waals surface area contributed by atoms with Crippen LogP contribution in [0.2, 0.25) is 0 Å². The van der Waals surface area contributed by atoms with Crippen molar-refractivity contribution in [2.24, 2.45) is 0 Å². The third-order valence-electron chi connectivity index (χ3n) is 12.6. The number of benzene rings is 10. The fraction of sp³-hybridized carbons (Fsp3) is 0. The van der Waals surface area contributed by atoms with Gasteiger partial charge in [-0.2, -0.15) is 0 Å². The summed E-state index contributed by atoms with van der Waals surface area (Å²) >= 11 is 3.79. The first kappa shape index (κ1) is 35.3. The van der Waals surface area contributed by atoms with Gasteiger partial charge in [-0.15, -0.1) is 22.7 Å². The molecule has 13 rings (SSSR count). The molecule has 3 aromatic heterocycles. The van der Waals surface area contributed by atoms with Crippen molar-refractivity contribution in [2.45, 2.75) is 0 Å². The van der Waals surface area contributed by atoms with Gasteiger partial charge in [-0.1, -0.05) is 164 Å². The number of aromatic nitrogens is 1. The van der Waals surface area contributed by atoms with Crippen molar-refractivity contribution in [2.75, 3.05) is 4.90 Å². The molecule has 0 N–H and O–H groups in total. The number of thiophene rings is 2. The molecule has 13 aromatic rings. The summed E-state index contributed by atoms with van der Waals surface area (Å²) in [6.07, 6.45) is 0. The van der Waals surface area contributed by atoms with Crippen LogP contribution in [-0.4, -0.2) is 4.57 Å². The molecule has 0 saturated heterocycles. The smallest absolute Gasteiger partial charge is 0.0562 e. The molecule has 2 nitrogen and oxygen atoms in total. The van der Waals surface area contributed by atoms with Gasteiger partial charge in [0.15, 0.2) is 0 Å². The zero-order chi connectivity index (χ0) is 40.7. The fourth-order valence-electron chi connectivity index (χ4n) is 9.96. The molecule has 10 aromatic carbocycles. The Kier molecular flexibility index (Phi) is 7.99. The van der Waals surface area contributed by atoms with E-state index in [1.165, 1.54) is 95.2 Å². The molecule has 0 saturated carbocycles. The molecule has 0 aliphatic heterocycles. The highest BCUT2D eigenvalue weighted by atomic mass is 32.1. The van der Waals surface area contributed by atoms with E-state index in [9.17, 15) is 0 Å². The Morgan fingerprint density at radius 3 is 1.81 bits per heavy atom. The zero-order valence-electron chi connectivity index (χ0n) is 33.5. The molecule has 0 spiro atoms. The predicted molar refractivity (Wildman–Crippen MR) is 270 cm³/mol. The quantitative estimate of drug-likeness (QED) is 0.162. The van der Waals surface area contributed by atoms with E-state index in [0.717, 1.165) is 22.7 Å². The van der Waals surface area contributed by atoms with Crippen molar-refractivity contribution in [1.29, 1.82) is 0 Å². The Hall–Kier alpha value is -7.50. The first-order valence-corrected chi connectivity index (χ1v) is 22.7. The number of hydrogen-bond acceptors (Lipinski definition) is 3. The van der Waals surface area contributed by atoms with E-state index >= 15 is 0 Å². The maximum absolute atomic E-state index is 2.59. The summed E-state index contributed by atoms with van der Waals surface area (Å²) in [7, 11) is 0. The molecule has 0 amide bonds. The summed E-state index contributed by atoms with van der Waals surface area (Å²) in [4.78, 5) is 2.59. The lowest BCUT2D eigenvalue weighted by molar-refractivity contribution is 1.18. The van der Waals surface area contributed by atoms with Crippen molar-refractivity contribution < 1.29 is 0 Å². The van der Waals surface area contributed by atoms with Gasteiger partial charge in [-0.05, 0) is 76.5 Å². The SMILES string of the molecule is c1ccc(-c2cccc(N(c3cccc4sc5ccccc5c34)c3cccc4c3c3ccccc3n4-c3ccccc3)c2-c2cccc3c2sc2c4ccccc4ccc32)cc1. The van der Waals surface area contributed by atoms with E-state index in [4.69, 9.17) is 0 Å². The van der Waals surface area contributed by atoms with E-state index in [-0.39, 0.29) is 0 Å². The van der Waals surface area contributed by atoms with Crippen LogP contribution in [0, 0.1) is 0 Å². The summed E-state index contributed by atoms with van der Waals surface area (Å²) in [6, 6.07) is 80.5. The van der Waals surface area contributed by atoms with E-state index in [0.29, 0.717) is 0 Å². The lowest BCUT2D eigenvalue weighted by atomic mass is 9.91. The molecular formula is C58H36N2S2. The second-order valence-corrected chi connectivity index (χ2v) is 18.1. The van der Waals surface area contributed by atoms with Gasteiger partial charge < -0.3 is 9.47 Å². The van der Waals surface area contributed by atoms with Gasteiger partial charge in [0.25, 0.3) is 0 Å². The van der Waals surface area contributed by atoms with Gasteiger partial charge in [-0.25, -0.2) is 0 Å². The second-order valence-electron chi connectivity index (χ2n) is 16.0. The molecule has 290 valence electrons. The number of rotatable bonds is 6. The molecule has 0 bridgehead atoms. The van der Waals surface area contributed by atoms with Crippen LogP contribution < -0.4 is 4.90 Å². The summed E-state index contributed by atoms with van der Waals surface area (Å²) in [5, 5.41) is 10.1. The van der Waals surface area contributed by atoms with E-state index < -0.39 is 0 Å². The molecule has 0 radical (unpaired) electrons. The van der Waals surface area contributed by atoms with Crippen LogP contribution in [0.4, 0.5) is 17.1 Å². The minimum atomic E-state index is 1.13. The number of fused-ring (bicyclic) bond motifs is 11. The minimum Gasteiger partial charge on any atom is -0.309 e. The van der Waals surface area contributed by atoms with Crippen LogP contribution >= 0.6 is 22.7 Å². The molecule has 0 aliphatic rings. The van der Waals surface area contributed by atoms with Crippen LogP contribution in [0.3, 0.4) is 0 Å². The topological polar surface area (TPSA) is 8.17 Å². The van der Waals surface area contributed by atoms with Crippen LogP contribution in [0.1, 0.15) is 0 Å². The summed E-state index contributed by atoms with van der Waals surface area (Å²) in [5.74, 6) is 0. The molecule has 0 atom stereocenters. The van der Waals surface area contributed by atoms with E-state index in [2.05, 4.69) is 228 Å². The van der Waals surface area contributed by atoms with Gasteiger partial charge in [0, 0.05) is 67.9 Å². The minimum absolute atomic E-state index is 1.13. The number of nitrogens with zero attached hydrogens (tertiary/aromatic N) is 2. The van der Waals surface area contributed by atoms with Crippen LogP contribution in [0.5, 0.6) is 0 Å². The Morgan fingerprint density at radius 1 is 0.339 bits per heavy atom. The average Bonchev–Trinajstić information content (AvgIpc) is 4.03. The zero-order valence-corrected chi connectivity index (χ0v) is 35.1. The monoisotopic (exact) mass is 824 g/mol. The second kappa shape index (κ2) is 14.0. The molecular weight excluding hydrogens is 789 g/mol. The maximum atomic E-state index is 2.59. The van der Waals surface area contributed by atoms with Gasteiger partial charge in [0.1, 0.15) is 0 Å². The van der Waals surface area contributed by atoms with Crippen molar-refractivity contribution in [1.82, 2.24) is 4.57 Å². The highest BCUT2D eigenvalue weighted by Crippen LogP contribution is 2.54. The summed E-state index contributed by atoms with van der Waals surface area (Å²) in [5.41, 5.74) is 11.7. The number of anilines is 3. The third kappa shape index (κ3) is 5.27. The van der Waals surface area contributed by atoms with Crippen LogP contribution in [-0.2, 0) is 0 Å². The number of hydrogen-bond donors (Lipinski definition) is 0. The first-order valence-electron chi connectivity index (χ1n) is 21.1. The van der Waals surface area contributed by atoms with E-state index in [1.54, 1.807) is 0 Å². The van der Waals surface area contributed by atoms with Gasteiger partial charge in [0.05, 0.1) is 28.1 Å². The van der Waals surface area contributed by atoms with E-state index in [1.807, 2.05) is 22.7 Å². The Bertz CT molecular complexity index is 3870. The molecule has 0 aliphatic carbocycles. The summed E-state index contributed by atoms with van der Waals surface area (Å²) in [6.45, 7) is 0. The van der Waals surface area contributed by atoms with Crippen molar-refractivity contribution in [3.63, 3.8) is 0 Å². The molecule has 0 fully saturated rings. The number of para-hydroxylation sites is 2. The highest BCUT2D eigenvalue weighted by Gasteiger charge is 2.28. The molecule has 62 heavy (non-hydrogen) atoms. The average molecular weight is 825 g/mol. The lowest BCUT2D eigenvalue weighted by Crippen LogP contribution is -2.12. The maximum Gasteiger partial charge on any atom is 0.0562 e. The summed E-state index contributed by atoms with van der Waals surface area (Å²) < 4.78 is 7.60. The largest absolute Gasteiger partial charge is 0.309 e. The lowest BCUT2D eigenvalue weighted by Gasteiger charge is -2.31. The van der Waals surface area contributed by atoms with Crippen molar-refractivity contribution in [3.8, 4) is 27.9 Å². The third-order valence-corrected chi connectivity index (χ3v) is 15.0. The molecule has 3 heterocycles. The predicted octanol–water partition coefficient (Wildman–Crippen LogP) is 17.5. The Labute approximate surface area is 366 Å². The molecule has 4 heteroatoms.